The number of fused-ring (bicyclic) bond motifs is 1. The summed E-state index contributed by atoms with van der Waals surface area (Å²) in [6.07, 6.45) is 4.86. The van der Waals surface area contributed by atoms with Gasteiger partial charge in [-0.3, -0.25) is 4.79 Å². The molecule has 0 unspecified atom stereocenters. The summed E-state index contributed by atoms with van der Waals surface area (Å²) in [4.78, 5) is 12.5. The molecule has 1 aromatic carbocycles. The molecule has 0 bridgehead atoms. The van der Waals surface area contributed by atoms with Crippen LogP contribution in [0.15, 0.2) is 22.6 Å². The molecule has 2 aliphatic rings. The van der Waals surface area contributed by atoms with Gasteiger partial charge in [-0.15, -0.1) is 0 Å². The summed E-state index contributed by atoms with van der Waals surface area (Å²) in [5.74, 6) is 1.13. The summed E-state index contributed by atoms with van der Waals surface area (Å²) >= 11 is 0. The molecule has 0 aliphatic heterocycles. The number of aryl methyl sites for hydroxylation is 1. The lowest BCUT2D eigenvalue weighted by Crippen LogP contribution is -2.38. The number of carbonyl (C=O) groups is 1. The van der Waals surface area contributed by atoms with Crippen molar-refractivity contribution in [1.29, 1.82) is 0 Å². The molecule has 2 saturated carbocycles. The first-order chi connectivity index (χ1) is 10.1. The zero-order valence-electron chi connectivity index (χ0n) is 12.0. The van der Waals surface area contributed by atoms with Crippen LogP contribution in [0.3, 0.4) is 0 Å². The molecule has 2 aliphatic carbocycles. The van der Waals surface area contributed by atoms with Crippen molar-refractivity contribution in [1.82, 2.24) is 5.32 Å². The maximum absolute atomic E-state index is 13.3. The molecule has 2 aromatic rings. The van der Waals surface area contributed by atoms with E-state index in [1.54, 1.807) is 6.07 Å². The zero-order chi connectivity index (χ0) is 14.6. The van der Waals surface area contributed by atoms with Crippen LogP contribution in [0.5, 0.6) is 0 Å². The molecule has 4 heteroatoms. The average molecular weight is 287 g/mol. The number of halogens is 1. The van der Waals surface area contributed by atoms with Gasteiger partial charge >= 0.3 is 0 Å². The summed E-state index contributed by atoms with van der Waals surface area (Å²) < 4.78 is 19.0. The van der Waals surface area contributed by atoms with Crippen molar-refractivity contribution >= 4 is 16.9 Å². The Hall–Kier alpha value is -1.84. The second-order valence-electron chi connectivity index (χ2n) is 6.37. The van der Waals surface area contributed by atoms with Gasteiger partial charge in [0.1, 0.15) is 11.4 Å². The molecule has 3 nitrogen and oxygen atoms in total. The van der Waals surface area contributed by atoms with E-state index in [1.807, 2.05) is 6.92 Å². The van der Waals surface area contributed by atoms with Crippen molar-refractivity contribution in [2.24, 2.45) is 11.8 Å². The quantitative estimate of drug-likeness (QED) is 0.929. The number of hydrogen-bond donors (Lipinski definition) is 1. The number of carbonyl (C=O) groups excluding carboxylic acids is 1. The molecule has 1 aromatic heterocycles. The Morgan fingerprint density at radius 1 is 1.29 bits per heavy atom. The molecule has 0 saturated heterocycles. The normalized spacial score (nSPS) is 18.4. The molecule has 0 radical (unpaired) electrons. The van der Waals surface area contributed by atoms with Crippen molar-refractivity contribution < 1.29 is 13.6 Å². The fourth-order valence-electron chi connectivity index (χ4n) is 3.16. The SMILES string of the molecule is Cc1c(C(=O)NC(C2CC2)C2CC2)oc2ccc(F)cc12. The van der Waals surface area contributed by atoms with Gasteiger partial charge in [0.2, 0.25) is 0 Å². The molecule has 21 heavy (non-hydrogen) atoms. The minimum Gasteiger partial charge on any atom is -0.451 e. The van der Waals surface area contributed by atoms with E-state index in [-0.39, 0.29) is 11.7 Å². The van der Waals surface area contributed by atoms with E-state index >= 15 is 0 Å². The Morgan fingerprint density at radius 2 is 1.95 bits per heavy atom. The third kappa shape index (κ3) is 2.33. The lowest BCUT2D eigenvalue weighted by atomic mass is 10.1. The summed E-state index contributed by atoms with van der Waals surface area (Å²) in [7, 11) is 0. The van der Waals surface area contributed by atoms with Gasteiger partial charge in [-0.2, -0.15) is 0 Å². The highest BCUT2D eigenvalue weighted by atomic mass is 19.1. The highest BCUT2D eigenvalue weighted by Gasteiger charge is 2.42. The highest BCUT2D eigenvalue weighted by Crippen LogP contribution is 2.44. The number of benzene rings is 1. The largest absolute Gasteiger partial charge is 0.451 e. The summed E-state index contributed by atoms with van der Waals surface area (Å²) in [5, 5.41) is 3.82. The molecule has 2 fully saturated rings. The van der Waals surface area contributed by atoms with Crippen LogP contribution < -0.4 is 5.32 Å². The van der Waals surface area contributed by atoms with E-state index in [2.05, 4.69) is 5.32 Å². The van der Waals surface area contributed by atoms with Gasteiger partial charge < -0.3 is 9.73 Å². The molecule has 110 valence electrons. The Morgan fingerprint density at radius 3 is 2.57 bits per heavy atom. The Kier molecular flexibility index (Phi) is 2.81. The van der Waals surface area contributed by atoms with E-state index < -0.39 is 0 Å². The molecule has 0 atom stereocenters. The standard InChI is InChI=1S/C17H18FNO2/c1-9-13-8-12(18)6-7-14(13)21-16(9)17(20)19-15(10-2-3-10)11-4-5-11/h6-8,10-11,15H,2-5H2,1H3,(H,19,20). The summed E-state index contributed by atoms with van der Waals surface area (Å²) in [6.45, 7) is 1.81. The maximum Gasteiger partial charge on any atom is 0.287 e. The predicted molar refractivity (Wildman–Crippen MR) is 77.6 cm³/mol. The van der Waals surface area contributed by atoms with Gasteiger partial charge in [0.05, 0.1) is 0 Å². The van der Waals surface area contributed by atoms with Crippen LogP contribution in [-0.2, 0) is 0 Å². The Labute approximate surface area is 122 Å². The smallest absolute Gasteiger partial charge is 0.287 e. The summed E-state index contributed by atoms with van der Waals surface area (Å²) in [5.41, 5.74) is 1.28. The Bertz CT molecular complexity index is 701. The average Bonchev–Trinajstić information content (AvgIpc) is 3.36. The third-order valence-corrected chi connectivity index (χ3v) is 4.66. The van der Waals surface area contributed by atoms with Crippen LogP contribution in [0.1, 0.15) is 41.8 Å². The predicted octanol–water partition coefficient (Wildman–Crippen LogP) is 3.80. The minimum atomic E-state index is -0.313. The first-order valence-electron chi connectivity index (χ1n) is 7.63. The van der Waals surface area contributed by atoms with E-state index in [9.17, 15) is 9.18 Å². The highest BCUT2D eigenvalue weighted by molar-refractivity contribution is 5.99. The van der Waals surface area contributed by atoms with Crippen LogP contribution in [0, 0.1) is 24.6 Å². The van der Waals surface area contributed by atoms with Gasteiger partial charge in [-0.25, -0.2) is 4.39 Å². The fourth-order valence-corrected chi connectivity index (χ4v) is 3.16. The van der Waals surface area contributed by atoms with Crippen LogP contribution in [-0.4, -0.2) is 11.9 Å². The fraction of sp³-hybridized carbons (Fsp3) is 0.471. The van der Waals surface area contributed by atoms with Crippen LogP contribution >= 0.6 is 0 Å². The van der Waals surface area contributed by atoms with Gasteiger partial charge in [-0.05, 0) is 62.6 Å². The number of furan rings is 1. The van der Waals surface area contributed by atoms with Crippen molar-refractivity contribution in [2.45, 2.75) is 38.6 Å². The lowest BCUT2D eigenvalue weighted by molar-refractivity contribution is 0.0899. The molecular weight excluding hydrogens is 269 g/mol. The third-order valence-electron chi connectivity index (χ3n) is 4.66. The molecule has 1 N–H and O–H groups in total. The van der Waals surface area contributed by atoms with Crippen molar-refractivity contribution in [3.8, 4) is 0 Å². The Balaban J connectivity index is 1.62. The van der Waals surface area contributed by atoms with E-state index in [0.29, 0.717) is 40.2 Å². The number of amides is 1. The van der Waals surface area contributed by atoms with Gasteiger partial charge in [0.15, 0.2) is 5.76 Å². The van der Waals surface area contributed by atoms with Gasteiger partial charge in [0, 0.05) is 17.0 Å². The van der Waals surface area contributed by atoms with Crippen LogP contribution in [0.2, 0.25) is 0 Å². The van der Waals surface area contributed by atoms with E-state index in [4.69, 9.17) is 4.42 Å². The van der Waals surface area contributed by atoms with Crippen molar-refractivity contribution in [2.75, 3.05) is 0 Å². The topological polar surface area (TPSA) is 42.2 Å². The van der Waals surface area contributed by atoms with Crippen LogP contribution in [0.25, 0.3) is 11.0 Å². The van der Waals surface area contributed by atoms with Gasteiger partial charge in [0.25, 0.3) is 5.91 Å². The zero-order valence-corrected chi connectivity index (χ0v) is 12.0. The molecule has 0 spiro atoms. The number of hydrogen-bond acceptors (Lipinski definition) is 2. The molecule has 4 rings (SSSR count). The van der Waals surface area contributed by atoms with Gasteiger partial charge in [-0.1, -0.05) is 0 Å². The van der Waals surface area contributed by atoms with Crippen molar-refractivity contribution in [3.63, 3.8) is 0 Å². The first kappa shape index (κ1) is 12.9. The number of rotatable bonds is 4. The molecule has 1 heterocycles. The second kappa shape index (κ2) is 4.58. The second-order valence-corrected chi connectivity index (χ2v) is 6.37. The first-order valence-corrected chi connectivity index (χ1v) is 7.63. The molecular formula is C17H18FNO2. The van der Waals surface area contributed by atoms with E-state index in [0.717, 1.165) is 0 Å². The van der Waals surface area contributed by atoms with E-state index in [1.165, 1.54) is 37.8 Å². The molecule has 1 amide bonds. The minimum absolute atomic E-state index is 0.159. The van der Waals surface area contributed by atoms with Crippen LogP contribution in [0.4, 0.5) is 4.39 Å². The van der Waals surface area contributed by atoms with Crippen molar-refractivity contribution in [3.05, 3.63) is 35.3 Å². The lowest BCUT2D eigenvalue weighted by Gasteiger charge is -2.16. The summed E-state index contributed by atoms with van der Waals surface area (Å²) in [6, 6.07) is 4.64. The maximum atomic E-state index is 13.3. The number of nitrogens with one attached hydrogen (secondary N) is 1. The monoisotopic (exact) mass is 287 g/mol.